The number of rotatable bonds is 9. The molecule has 0 bridgehead atoms. The van der Waals surface area contributed by atoms with Crippen molar-refractivity contribution in [2.75, 3.05) is 14.2 Å². The normalized spacial score (nSPS) is 14.1. The molecule has 4 heterocycles. The summed E-state index contributed by atoms with van der Waals surface area (Å²) >= 11 is 0. The molecule has 1 N–H and O–H groups in total. The van der Waals surface area contributed by atoms with E-state index >= 15 is 0 Å². The minimum atomic E-state index is -0.308. The number of aromatic nitrogens is 4. The fraction of sp³-hybridized carbons (Fsp3) is 0.300. The van der Waals surface area contributed by atoms with Gasteiger partial charge in [-0.2, -0.15) is 0 Å². The Morgan fingerprint density at radius 3 is 1.85 bits per heavy atom. The van der Waals surface area contributed by atoms with Crippen molar-refractivity contribution in [3.05, 3.63) is 130 Å². The minimum absolute atomic E-state index is 0.303. The highest BCUT2D eigenvalue weighted by molar-refractivity contribution is 5.91. The molecule has 0 atom stereocenters. The summed E-state index contributed by atoms with van der Waals surface area (Å²) in [6, 6.07) is 20.8. The third kappa shape index (κ3) is 6.74. The Morgan fingerprint density at radius 2 is 1.31 bits per heavy atom. The molecule has 6 aromatic rings. The van der Waals surface area contributed by atoms with E-state index in [1.807, 2.05) is 36.8 Å². The molecule has 0 amide bonds. The van der Waals surface area contributed by atoms with Crippen molar-refractivity contribution in [3.63, 3.8) is 0 Å². The summed E-state index contributed by atoms with van der Waals surface area (Å²) in [6.07, 6.45) is 13.9. The van der Waals surface area contributed by atoms with Crippen molar-refractivity contribution < 1.29 is 19.1 Å². The lowest BCUT2D eigenvalue weighted by molar-refractivity contribution is 0.0590. The predicted molar refractivity (Wildman–Crippen MR) is 187 cm³/mol. The lowest BCUT2D eigenvalue weighted by Gasteiger charge is -2.10. The molecule has 244 valence electrons. The van der Waals surface area contributed by atoms with Gasteiger partial charge in [0.1, 0.15) is 0 Å². The van der Waals surface area contributed by atoms with Crippen LogP contribution in [0.3, 0.4) is 0 Å². The van der Waals surface area contributed by atoms with E-state index in [9.17, 15) is 9.59 Å². The van der Waals surface area contributed by atoms with Crippen molar-refractivity contribution in [1.29, 1.82) is 0 Å². The number of hydrogen-bond donors (Lipinski definition) is 1. The highest BCUT2D eigenvalue weighted by Crippen LogP contribution is 2.41. The Morgan fingerprint density at radius 1 is 0.750 bits per heavy atom. The number of hydrogen-bond acceptors (Lipinski definition) is 6. The smallest absolute Gasteiger partial charge is 0.339 e. The van der Waals surface area contributed by atoms with Crippen LogP contribution in [0.2, 0.25) is 0 Å². The maximum Gasteiger partial charge on any atom is 0.339 e. The van der Waals surface area contributed by atoms with E-state index in [4.69, 9.17) is 9.47 Å². The lowest BCUT2D eigenvalue weighted by Crippen LogP contribution is -2.09. The van der Waals surface area contributed by atoms with Crippen molar-refractivity contribution >= 4 is 33.7 Å². The van der Waals surface area contributed by atoms with E-state index in [0.717, 1.165) is 51.1 Å². The Bertz CT molecular complexity index is 2120. The summed E-state index contributed by atoms with van der Waals surface area (Å²) < 4.78 is 12.1. The second-order valence-electron chi connectivity index (χ2n) is 12.8. The van der Waals surface area contributed by atoms with E-state index in [-0.39, 0.29) is 11.9 Å². The van der Waals surface area contributed by atoms with Gasteiger partial charge in [-0.15, -0.1) is 0 Å². The number of pyridine rings is 2. The number of H-pyrrole nitrogens is 1. The highest BCUT2D eigenvalue weighted by Gasteiger charge is 2.27. The zero-order valence-electron chi connectivity index (χ0n) is 27.7. The topological polar surface area (TPSA) is 99.1 Å². The lowest BCUT2D eigenvalue weighted by atomic mass is 10.0. The molecular formula is C40H40N4O4. The number of nitrogens with one attached hydrogen (secondary N) is 1. The number of esters is 2. The van der Waals surface area contributed by atoms with Gasteiger partial charge >= 0.3 is 11.9 Å². The summed E-state index contributed by atoms with van der Waals surface area (Å²) in [7, 11) is 2.84. The number of carbonyl (C=O) groups is 2. The van der Waals surface area contributed by atoms with Crippen LogP contribution in [-0.4, -0.2) is 45.7 Å². The summed E-state index contributed by atoms with van der Waals surface area (Å²) in [4.78, 5) is 36.7. The molecule has 0 radical (unpaired) electrons. The minimum Gasteiger partial charge on any atom is -0.465 e. The van der Waals surface area contributed by atoms with Crippen LogP contribution in [0.1, 0.15) is 98.8 Å². The summed E-state index contributed by atoms with van der Waals surface area (Å²) in [6.45, 7) is 3.10. The van der Waals surface area contributed by atoms with Gasteiger partial charge in [0.05, 0.1) is 36.7 Å². The van der Waals surface area contributed by atoms with E-state index in [1.165, 1.54) is 50.8 Å². The second kappa shape index (κ2) is 13.5. The molecule has 2 aromatic carbocycles. The molecule has 2 aliphatic carbocycles. The molecule has 4 aromatic heterocycles. The molecule has 48 heavy (non-hydrogen) atoms. The molecule has 8 nitrogen and oxygen atoms in total. The first-order valence-corrected chi connectivity index (χ1v) is 16.7. The van der Waals surface area contributed by atoms with Crippen LogP contribution in [-0.2, 0) is 28.9 Å². The Hall–Kier alpha value is -5.24. The fourth-order valence-electron chi connectivity index (χ4n) is 6.39. The Kier molecular flexibility index (Phi) is 8.80. The van der Waals surface area contributed by atoms with Gasteiger partial charge in [0.2, 0.25) is 0 Å². The summed E-state index contributed by atoms with van der Waals surface area (Å²) in [5.74, 6) is 0.521. The molecule has 2 fully saturated rings. The van der Waals surface area contributed by atoms with E-state index in [0.29, 0.717) is 35.8 Å². The van der Waals surface area contributed by atoms with Gasteiger partial charge in [-0.3, -0.25) is 9.97 Å². The van der Waals surface area contributed by atoms with E-state index in [1.54, 1.807) is 0 Å². The van der Waals surface area contributed by atoms with Gasteiger partial charge in [-0.05, 0) is 126 Å². The molecule has 0 spiro atoms. The first-order valence-electron chi connectivity index (χ1n) is 16.7. The molecular weight excluding hydrogens is 600 g/mol. The second-order valence-corrected chi connectivity index (χ2v) is 12.8. The number of ether oxygens (including phenoxy) is 2. The standard InChI is InChI=1S/C21H22N2O2.C19H18N2O2/c1-3-23-9-8-16-10-14(4-7-20(16)23)11-19-18(21(24)25-2)12-17(13-22-19)15-5-6-15;1-23-19(22)16-10-15(13-3-4-13)11-21-18(16)9-12-2-5-17-14(8-12)6-7-20-17/h4,7-10,12-13,15H,3,5-6,11H2,1-2H3;2,5-8,10-11,13,20H,3-4,9H2,1H3. The quantitative estimate of drug-likeness (QED) is 0.160. The number of benzene rings is 2. The third-order valence-corrected chi connectivity index (χ3v) is 9.43. The van der Waals surface area contributed by atoms with Crippen LogP contribution in [0, 0.1) is 0 Å². The van der Waals surface area contributed by atoms with Crippen LogP contribution in [0.5, 0.6) is 0 Å². The third-order valence-electron chi connectivity index (χ3n) is 9.43. The number of aromatic amines is 1. The number of carbonyl (C=O) groups excluding carboxylic acids is 2. The first-order chi connectivity index (χ1) is 23.4. The number of aryl methyl sites for hydroxylation is 1. The Balaban J connectivity index is 0.000000152. The molecule has 2 aliphatic rings. The maximum absolute atomic E-state index is 12.2. The first kappa shape index (κ1) is 31.4. The average molecular weight is 641 g/mol. The van der Waals surface area contributed by atoms with Crippen LogP contribution < -0.4 is 0 Å². The number of nitrogens with zero attached hydrogens (tertiary/aromatic N) is 3. The molecule has 8 rings (SSSR count). The number of methoxy groups -OCH3 is 2. The molecule has 8 heteroatoms. The van der Waals surface area contributed by atoms with Crippen molar-refractivity contribution in [1.82, 2.24) is 19.5 Å². The van der Waals surface area contributed by atoms with Gasteiger partial charge in [-0.1, -0.05) is 12.1 Å². The average Bonchev–Trinajstić information content (AvgIpc) is 4.06. The Labute approximate surface area is 280 Å². The molecule has 0 unspecified atom stereocenters. The highest BCUT2D eigenvalue weighted by atomic mass is 16.5. The summed E-state index contributed by atoms with van der Waals surface area (Å²) in [5.41, 5.74) is 9.67. The maximum atomic E-state index is 12.2. The van der Waals surface area contributed by atoms with Crippen LogP contribution >= 0.6 is 0 Å². The number of fused-ring (bicyclic) bond motifs is 2. The zero-order chi connectivity index (χ0) is 33.2. The molecule has 0 saturated heterocycles. The molecule has 2 saturated carbocycles. The monoisotopic (exact) mass is 640 g/mol. The largest absolute Gasteiger partial charge is 0.465 e. The van der Waals surface area contributed by atoms with Gasteiger partial charge < -0.3 is 19.0 Å². The van der Waals surface area contributed by atoms with Crippen LogP contribution in [0.4, 0.5) is 0 Å². The van der Waals surface area contributed by atoms with Gasteiger partial charge in [-0.25, -0.2) is 9.59 Å². The van der Waals surface area contributed by atoms with Gasteiger partial charge in [0.15, 0.2) is 0 Å². The van der Waals surface area contributed by atoms with Crippen molar-refractivity contribution in [2.24, 2.45) is 0 Å². The summed E-state index contributed by atoms with van der Waals surface area (Å²) in [5, 5.41) is 2.38. The fourth-order valence-corrected chi connectivity index (χ4v) is 6.39. The van der Waals surface area contributed by atoms with Crippen LogP contribution in [0.25, 0.3) is 21.8 Å². The zero-order valence-corrected chi connectivity index (χ0v) is 27.7. The van der Waals surface area contributed by atoms with Gasteiger partial charge in [0.25, 0.3) is 0 Å². The SMILES string of the molecule is CCn1ccc2cc(Cc3ncc(C4CC4)cc3C(=O)OC)ccc21.COC(=O)c1cc(C2CC2)cnc1Cc1ccc2[nH]ccc2c1. The van der Waals surface area contributed by atoms with Gasteiger partial charge in [0, 0.05) is 55.2 Å². The van der Waals surface area contributed by atoms with Crippen LogP contribution in [0.15, 0.2) is 85.5 Å². The van der Waals surface area contributed by atoms with Crippen molar-refractivity contribution in [3.8, 4) is 0 Å². The predicted octanol–water partition coefficient (Wildman–Crippen LogP) is 8.13. The van der Waals surface area contributed by atoms with E-state index in [2.05, 4.69) is 75.1 Å². The van der Waals surface area contributed by atoms with E-state index < -0.39 is 0 Å². The van der Waals surface area contributed by atoms with Crippen molar-refractivity contribution in [2.45, 2.75) is 63.8 Å². The molecule has 0 aliphatic heterocycles.